The summed E-state index contributed by atoms with van der Waals surface area (Å²) in [5, 5.41) is 0.465. The number of sulfonamides is 1. The zero-order valence-corrected chi connectivity index (χ0v) is 21.6. The van der Waals surface area contributed by atoms with Crippen molar-refractivity contribution in [2.24, 2.45) is 5.92 Å². The first kappa shape index (κ1) is 24.8. The number of carbonyl (C=O) groups is 1. The van der Waals surface area contributed by atoms with Gasteiger partial charge in [-0.2, -0.15) is 0 Å². The van der Waals surface area contributed by atoms with E-state index in [1.807, 2.05) is 18.9 Å². The SMILES string of the molecule is CCc1cnc(N(C)c2cnc(N3CCC(C(=O)NS(=O)(=O)c4ccc(Cl)s4)CC3)c(Cl)c2)o1. The van der Waals surface area contributed by atoms with Crippen LogP contribution in [0.15, 0.2) is 39.2 Å². The van der Waals surface area contributed by atoms with Crippen LogP contribution in [0, 0.1) is 5.92 Å². The lowest BCUT2D eigenvalue weighted by molar-refractivity contribution is -0.123. The van der Waals surface area contributed by atoms with Crippen LogP contribution in [0.4, 0.5) is 17.5 Å². The summed E-state index contributed by atoms with van der Waals surface area (Å²) in [6, 6.07) is 5.10. The van der Waals surface area contributed by atoms with Crippen LogP contribution in [0.3, 0.4) is 0 Å². The van der Waals surface area contributed by atoms with Crippen molar-refractivity contribution in [3.05, 3.63) is 45.7 Å². The predicted molar refractivity (Wildman–Crippen MR) is 133 cm³/mol. The van der Waals surface area contributed by atoms with E-state index in [0.29, 0.717) is 47.1 Å². The van der Waals surface area contributed by atoms with Crippen molar-refractivity contribution in [2.75, 3.05) is 29.9 Å². The molecule has 0 spiro atoms. The first-order valence-corrected chi connectivity index (χ1v) is 13.6. The number of nitrogens with zero attached hydrogens (tertiary/aromatic N) is 4. The Balaban J connectivity index is 1.37. The molecule has 0 aliphatic carbocycles. The number of hydrogen-bond donors (Lipinski definition) is 1. The van der Waals surface area contributed by atoms with Gasteiger partial charge in [-0.25, -0.2) is 23.1 Å². The Kier molecular flexibility index (Phi) is 7.36. The second-order valence-electron chi connectivity index (χ2n) is 7.81. The van der Waals surface area contributed by atoms with Crippen molar-refractivity contribution >= 4 is 68.0 Å². The fourth-order valence-electron chi connectivity index (χ4n) is 3.62. The van der Waals surface area contributed by atoms with Crippen molar-refractivity contribution in [1.82, 2.24) is 14.7 Å². The average Bonchev–Trinajstić information content (AvgIpc) is 3.48. The maximum absolute atomic E-state index is 12.6. The van der Waals surface area contributed by atoms with E-state index in [4.69, 9.17) is 27.6 Å². The Morgan fingerprint density at radius 2 is 2.00 bits per heavy atom. The molecule has 0 saturated carbocycles. The van der Waals surface area contributed by atoms with Crippen LogP contribution in [0.1, 0.15) is 25.5 Å². The van der Waals surface area contributed by atoms with Gasteiger partial charge >= 0.3 is 6.01 Å². The van der Waals surface area contributed by atoms with Gasteiger partial charge in [-0.05, 0) is 31.0 Å². The molecule has 1 amide bonds. The minimum Gasteiger partial charge on any atom is -0.428 e. The number of halogens is 2. The Bertz CT molecular complexity index is 1290. The molecule has 1 saturated heterocycles. The Hall–Kier alpha value is -2.34. The van der Waals surface area contributed by atoms with Crippen LogP contribution >= 0.6 is 34.5 Å². The molecule has 0 radical (unpaired) electrons. The van der Waals surface area contributed by atoms with Crippen LogP contribution in [0.2, 0.25) is 9.36 Å². The highest BCUT2D eigenvalue weighted by molar-refractivity contribution is 7.92. The number of oxazole rings is 1. The highest BCUT2D eigenvalue weighted by atomic mass is 35.5. The summed E-state index contributed by atoms with van der Waals surface area (Å²) >= 11 is 13.2. The molecule has 9 nitrogen and oxygen atoms in total. The van der Waals surface area contributed by atoms with Gasteiger partial charge in [0.05, 0.1) is 27.4 Å². The van der Waals surface area contributed by atoms with Gasteiger partial charge in [0.2, 0.25) is 5.91 Å². The average molecular weight is 544 g/mol. The normalized spacial score (nSPS) is 14.9. The largest absolute Gasteiger partial charge is 0.428 e. The first-order valence-electron chi connectivity index (χ1n) is 10.6. The van der Waals surface area contributed by atoms with E-state index in [-0.39, 0.29) is 4.21 Å². The van der Waals surface area contributed by atoms with Gasteiger partial charge in [-0.1, -0.05) is 30.1 Å². The number of nitrogens with one attached hydrogen (secondary N) is 1. The zero-order chi connectivity index (χ0) is 24.5. The molecule has 0 bridgehead atoms. The lowest BCUT2D eigenvalue weighted by atomic mass is 9.96. The third-order valence-corrected chi connectivity index (χ3v) is 8.93. The molecule has 0 unspecified atom stereocenters. The monoisotopic (exact) mass is 543 g/mol. The molecule has 3 aromatic rings. The number of anilines is 3. The summed E-state index contributed by atoms with van der Waals surface area (Å²) in [7, 11) is -2.11. The number of aromatic nitrogens is 2. The van der Waals surface area contributed by atoms with E-state index in [0.717, 1.165) is 29.2 Å². The van der Waals surface area contributed by atoms with Gasteiger partial charge in [-0.15, -0.1) is 11.3 Å². The Morgan fingerprint density at radius 3 is 2.59 bits per heavy atom. The lowest BCUT2D eigenvalue weighted by Crippen LogP contribution is -2.42. The standard InChI is InChI=1S/C21H23Cl2N5O4S2/c1-3-15-12-25-21(32-15)27(2)14-10-16(22)19(24-11-14)28-8-6-13(7-9-28)20(29)26-34(30,31)18-5-4-17(23)33-18/h4-5,10-13H,3,6-9H2,1-2H3,(H,26,29). The van der Waals surface area contributed by atoms with E-state index in [1.54, 1.807) is 23.4 Å². The van der Waals surface area contributed by atoms with Crippen molar-refractivity contribution < 1.29 is 17.6 Å². The lowest BCUT2D eigenvalue weighted by Gasteiger charge is -2.32. The summed E-state index contributed by atoms with van der Waals surface area (Å²) in [6.07, 6.45) is 5.08. The summed E-state index contributed by atoms with van der Waals surface area (Å²) in [5.41, 5.74) is 0.728. The fourth-order valence-corrected chi connectivity index (χ4v) is 6.43. The van der Waals surface area contributed by atoms with Crippen molar-refractivity contribution in [3.8, 4) is 0 Å². The molecule has 3 aromatic heterocycles. The van der Waals surface area contributed by atoms with Crippen LogP contribution in [-0.2, 0) is 21.2 Å². The molecule has 182 valence electrons. The molecule has 4 heterocycles. The number of hydrogen-bond acceptors (Lipinski definition) is 9. The van der Waals surface area contributed by atoms with Crippen molar-refractivity contribution in [1.29, 1.82) is 0 Å². The second kappa shape index (κ2) is 10.1. The number of carbonyl (C=O) groups excluding carboxylic acids is 1. The Labute approximate surface area is 211 Å². The van der Waals surface area contributed by atoms with Gasteiger partial charge in [0.15, 0.2) is 0 Å². The van der Waals surface area contributed by atoms with E-state index in [1.165, 1.54) is 12.1 Å². The van der Waals surface area contributed by atoms with E-state index in [9.17, 15) is 13.2 Å². The molecule has 1 aliphatic rings. The van der Waals surface area contributed by atoms with Crippen LogP contribution < -0.4 is 14.5 Å². The number of aryl methyl sites for hydroxylation is 1. The summed E-state index contributed by atoms with van der Waals surface area (Å²) < 4.78 is 33.0. The molecular weight excluding hydrogens is 521 g/mol. The van der Waals surface area contributed by atoms with Gasteiger partial charge in [0.1, 0.15) is 15.8 Å². The second-order valence-corrected chi connectivity index (χ2v) is 11.8. The molecule has 34 heavy (non-hydrogen) atoms. The van der Waals surface area contributed by atoms with Crippen LogP contribution in [0.5, 0.6) is 0 Å². The quantitative estimate of drug-likeness (QED) is 0.464. The summed E-state index contributed by atoms with van der Waals surface area (Å²) in [5.74, 6) is 0.456. The Morgan fingerprint density at radius 1 is 1.26 bits per heavy atom. The number of rotatable bonds is 7. The minimum absolute atomic E-state index is 0.0139. The maximum atomic E-state index is 12.6. The van der Waals surface area contributed by atoms with Crippen LogP contribution in [0.25, 0.3) is 0 Å². The molecule has 0 atom stereocenters. The fraction of sp³-hybridized carbons (Fsp3) is 0.381. The van der Waals surface area contributed by atoms with Gasteiger partial charge in [0.25, 0.3) is 10.0 Å². The molecule has 4 rings (SSSR count). The molecule has 0 aromatic carbocycles. The first-order chi connectivity index (χ1) is 16.2. The molecule has 1 fully saturated rings. The molecule has 1 aliphatic heterocycles. The van der Waals surface area contributed by atoms with Crippen molar-refractivity contribution in [3.63, 3.8) is 0 Å². The maximum Gasteiger partial charge on any atom is 0.301 e. The van der Waals surface area contributed by atoms with E-state index >= 15 is 0 Å². The smallest absolute Gasteiger partial charge is 0.301 e. The highest BCUT2D eigenvalue weighted by Gasteiger charge is 2.30. The van der Waals surface area contributed by atoms with Gasteiger partial charge < -0.3 is 9.32 Å². The number of thiophene rings is 1. The predicted octanol–water partition coefficient (Wildman–Crippen LogP) is 4.49. The molecule has 13 heteroatoms. The van der Waals surface area contributed by atoms with Gasteiger partial charge in [-0.3, -0.25) is 9.69 Å². The summed E-state index contributed by atoms with van der Waals surface area (Å²) in [4.78, 5) is 25.1. The minimum atomic E-state index is -3.93. The van der Waals surface area contributed by atoms with Crippen molar-refractivity contribution in [2.45, 2.75) is 30.4 Å². The molecule has 1 N–H and O–H groups in total. The topological polar surface area (TPSA) is 109 Å². The third-order valence-electron chi connectivity index (χ3n) is 5.59. The van der Waals surface area contributed by atoms with E-state index < -0.39 is 21.8 Å². The van der Waals surface area contributed by atoms with Crippen LogP contribution in [-0.4, -0.2) is 44.4 Å². The van der Waals surface area contributed by atoms with E-state index in [2.05, 4.69) is 14.7 Å². The summed E-state index contributed by atoms with van der Waals surface area (Å²) in [6.45, 7) is 3.03. The van der Waals surface area contributed by atoms with Gasteiger partial charge in [0, 0.05) is 32.5 Å². The number of piperidine rings is 1. The third kappa shape index (κ3) is 5.32. The molecular formula is C21H23Cl2N5O4S2. The number of pyridine rings is 1. The number of amides is 1. The highest BCUT2D eigenvalue weighted by Crippen LogP contribution is 2.33. The zero-order valence-electron chi connectivity index (χ0n) is 18.5.